The summed E-state index contributed by atoms with van der Waals surface area (Å²) >= 11 is 0. The van der Waals surface area contributed by atoms with Crippen LogP contribution in [0.15, 0.2) is 24.3 Å². The number of amides is 1. The van der Waals surface area contributed by atoms with Crippen molar-refractivity contribution in [1.29, 1.82) is 0 Å². The van der Waals surface area contributed by atoms with Gasteiger partial charge in [0.05, 0.1) is 0 Å². The number of carbonyl (C=O) groups excluding carboxylic acids is 1. The summed E-state index contributed by atoms with van der Waals surface area (Å²) in [5.74, 6) is -0.998. The lowest BCUT2D eigenvalue weighted by atomic mass is 10.1. The van der Waals surface area contributed by atoms with Crippen molar-refractivity contribution in [3.05, 3.63) is 29.8 Å². The fraction of sp³-hybridized carbons (Fsp3) is 0.529. The van der Waals surface area contributed by atoms with Crippen molar-refractivity contribution in [2.24, 2.45) is 0 Å². The lowest BCUT2D eigenvalue weighted by Gasteiger charge is -2.26. The molecule has 1 aliphatic carbocycles. The van der Waals surface area contributed by atoms with Gasteiger partial charge in [0, 0.05) is 32.2 Å². The minimum atomic E-state index is -0.935. The summed E-state index contributed by atoms with van der Waals surface area (Å²) in [6.07, 6.45) is 2.82. The highest BCUT2D eigenvalue weighted by atomic mass is 16.4. The van der Waals surface area contributed by atoms with Crippen LogP contribution in [-0.2, 0) is 16.0 Å². The van der Waals surface area contributed by atoms with E-state index in [1.54, 1.807) is 11.8 Å². The van der Waals surface area contributed by atoms with Gasteiger partial charge >= 0.3 is 5.97 Å². The Morgan fingerprint density at radius 3 is 2.55 bits per heavy atom. The molecule has 0 heterocycles. The Labute approximate surface area is 131 Å². The zero-order valence-electron chi connectivity index (χ0n) is 13.5. The molecule has 1 fully saturated rings. The third kappa shape index (κ3) is 4.00. The third-order valence-electron chi connectivity index (χ3n) is 4.06. The molecule has 1 unspecified atom stereocenters. The lowest BCUT2D eigenvalue weighted by molar-refractivity contribution is -0.150. The van der Waals surface area contributed by atoms with E-state index in [4.69, 9.17) is 5.11 Å². The van der Waals surface area contributed by atoms with Crippen molar-refractivity contribution in [2.45, 2.75) is 44.7 Å². The normalized spacial score (nSPS) is 15.2. The summed E-state index contributed by atoms with van der Waals surface area (Å²) in [7, 11) is 3.96. The van der Waals surface area contributed by atoms with Crippen molar-refractivity contribution < 1.29 is 14.7 Å². The van der Waals surface area contributed by atoms with E-state index in [0.717, 1.165) is 24.1 Å². The van der Waals surface area contributed by atoms with Gasteiger partial charge in [-0.05, 0) is 43.9 Å². The van der Waals surface area contributed by atoms with Gasteiger partial charge in [-0.15, -0.1) is 0 Å². The topological polar surface area (TPSA) is 60.9 Å². The maximum atomic E-state index is 12.4. The second-order valence-corrected chi connectivity index (χ2v) is 6.11. The summed E-state index contributed by atoms with van der Waals surface area (Å²) in [5.41, 5.74) is 2.20. The Bertz CT molecular complexity index is 553. The van der Waals surface area contributed by atoms with Crippen LogP contribution in [-0.4, -0.2) is 48.1 Å². The number of hydrogen-bond donors (Lipinski definition) is 1. The Hall–Kier alpha value is -2.04. The van der Waals surface area contributed by atoms with Crippen LogP contribution in [0.1, 0.15) is 31.7 Å². The van der Waals surface area contributed by atoms with Gasteiger partial charge < -0.3 is 14.9 Å². The Balaban J connectivity index is 1.99. The number of hydrogen-bond acceptors (Lipinski definition) is 3. The molecule has 0 bridgehead atoms. The molecule has 0 spiro atoms. The molecular formula is C17H24N2O3. The van der Waals surface area contributed by atoms with Crippen LogP contribution in [0.3, 0.4) is 0 Å². The van der Waals surface area contributed by atoms with Crippen LogP contribution >= 0.6 is 0 Å². The van der Waals surface area contributed by atoms with Gasteiger partial charge in [-0.3, -0.25) is 4.79 Å². The highest BCUT2D eigenvalue weighted by Crippen LogP contribution is 2.29. The first-order valence-electron chi connectivity index (χ1n) is 7.70. The van der Waals surface area contributed by atoms with Crippen LogP contribution in [0.25, 0.3) is 0 Å². The van der Waals surface area contributed by atoms with Crippen molar-refractivity contribution in [1.82, 2.24) is 4.90 Å². The quantitative estimate of drug-likeness (QED) is 0.838. The summed E-state index contributed by atoms with van der Waals surface area (Å²) < 4.78 is 0. The number of anilines is 1. The molecule has 0 aliphatic heterocycles. The first kappa shape index (κ1) is 16.3. The van der Waals surface area contributed by atoms with Gasteiger partial charge in [-0.25, -0.2) is 4.79 Å². The predicted octanol–water partition coefficient (Wildman–Crippen LogP) is 2.15. The zero-order valence-corrected chi connectivity index (χ0v) is 13.5. The number of nitrogens with zero attached hydrogens (tertiary/aromatic N) is 2. The first-order valence-corrected chi connectivity index (χ1v) is 7.70. The van der Waals surface area contributed by atoms with E-state index in [-0.39, 0.29) is 11.9 Å². The Morgan fingerprint density at radius 1 is 1.32 bits per heavy atom. The Morgan fingerprint density at radius 2 is 2.00 bits per heavy atom. The van der Waals surface area contributed by atoms with Gasteiger partial charge in [0.1, 0.15) is 6.04 Å². The van der Waals surface area contributed by atoms with Crippen LogP contribution < -0.4 is 4.90 Å². The molecule has 1 saturated carbocycles. The molecule has 1 aliphatic rings. The van der Waals surface area contributed by atoms with Gasteiger partial charge in [0.15, 0.2) is 0 Å². The van der Waals surface area contributed by atoms with E-state index >= 15 is 0 Å². The molecule has 1 amide bonds. The summed E-state index contributed by atoms with van der Waals surface area (Å²) in [4.78, 5) is 27.2. The van der Waals surface area contributed by atoms with Gasteiger partial charge in [-0.1, -0.05) is 12.1 Å². The minimum absolute atomic E-state index is 0.0624. The molecule has 0 aromatic heterocycles. The highest BCUT2D eigenvalue weighted by Gasteiger charge is 2.37. The van der Waals surface area contributed by atoms with E-state index in [2.05, 4.69) is 6.07 Å². The Kier molecular flexibility index (Phi) is 5.06. The van der Waals surface area contributed by atoms with Gasteiger partial charge in [-0.2, -0.15) is 0 Å². The van der Waals surface area contributed by atoms with E-state index < -0.39 is 12.0 Å². The lowest BCUT2D eigenvalue weighted by Crippen LogP contribution is -2.44. The number of rotatable bonds is 7. The minimum Gasteiger partial charge on any atom is -0.480 e. The molecule has 1 N–H and O–H groups in total. The number of benzene rings is 1. The van der Waals surface area contributed by atoms with Crippen molar-refractivity contribution in [2.75, 3.05) is 19.0 Å². The first-order chi connectivity index (χ1) is 10.4. The second kappa shape index (κ2) is 6.81. The molecule has 0 radical (unpaired) electrons. The summed E-state index contributed by atoms with van der Waals surface area (Å²) in [6.45, 7) is 1.59. The van der Waals surface area contributed by atoms with Gasteiger partial charge in [0.25, 0.3) is 0 Å². The maximum Gasteiger partial charge on any atom is 0.326 e. The monoisotopic (exact) mass is 304 g/mol. The van der Waals surface area contributed by atoms with Crippen LogP contribution in [0.5, 0.6) is 0 Å². The zero-order chi connectivity index (χ0) is 16.3. The van der Waals surface area contributed by atoms with Crippen molar-refractivity contribution in [3.63, 3.8) is 0 Å². The van der Waals surface area contributed by atoms with E-state index in [1.165, 1.54) is 0 Å². The summed E-state index contributed by atoms with van der Waals surface area (Å²) in [6, 6.07) is 7.44. The fourth-order valence-electron chi connectivity index (χ4n) is 2.58. The molecular weight excluding hydrogens is 280 g/mol. The fourth-order valence-corrected chi connectivity index (χ4v) is 2.58. The highest BCUT2D eigenvalue weighted by molar-refractivity contribution is 5.84. The SMILES string of the molecule is CC(C(=O)O)N(C(=O)CCc1cccc(N(C)C)c1)C1CC1. The molecule has 22 heavy (non-hydrogen) atoms. The molecule has 5 heteroatoms. The van der Waals surface area contributed by atoms with Crippen LogP contribution in [0, 0.1) is 0 Å². The molecule has 5 nitrogen and oxygen atoms in total. The largest absolute Gasteiger partial charge is 0.480 e. The van der Waals surface area contributed by atoms with Crippen molar-refractivity contribution >= 4 is 17.6 Å². The molecule has 1 aromatic rings. The predicted molar refractivity (Wildman–Crippen MR) is 86.1 cm³/mol. The second-order valence-electron chi connectivity index (χ2n) is 6.11. The average molecular weight is 304 g/mol. The molecule has 1 atom stereocenters. The van der Waals surface area contributed by atoms with Crippen LogP contribution in [0.4, 0.5) is 5.69 Å². The molecule has 2 rings (SSSR count). The molecule has 1 aromatic carbocycles. The van der Waals surface area contributed by atoms with Crippen molar-refractivity contribution in [3.8, 4) is 0 Å². The standard InChI is InChI=1S/C17H24N2O3/c1-12(17(21)22)19(14-8-9-14)16(20)10-7-13-5-4-6-15(11-13)18(2)3/h4-6,11-12,14H,7-10H2,1-3H3,(H,21,22). The average Bonchev–Trinajstić information content (AvgIpc) is 3.30. The van der Waals surface area contributed by atoms with E-state index in [0.29, 0.717) is 12.8 Å². The van der Waals surface area contributed by atoms with E-state index in [9.17, 15) is 9.59 Å². The summed E-state index contributed by atoms with van der Waals surface area (Å²) in [5, 5.41) is 9.16. The number of carbonyl (C=O) groups is 2. The number of carboxylic acids is 1. The smallest absolute Gasteiger partial charge is 0.326 e. The maximum absolute atomic E-state index is 12.4. The molecule has 120 valence electrons. The van der Waals surface area contributed by atoms with Gasteiger partial charge in [0.2, 0.25) is 5.91 Å². The van der Waals surface area contributed by atoms with E-state index in [1.807, 2.05) is 37.2 Å². The number of carboxylic acid groups (broad SMARTS) is 1. The number of aryl methyl sites for hydroxylation is 1. The number of aliphatic carboxylic acids is 1. The molecule has 0 saturated heterocycles. The third-order valence-corrected chi connectivity index (χ3v) is 4.06. The van der Waals surface area contributed by atoms with Crippen LogP contribution in [0.2, 0.25) is 0 Å².